The standard InChI is InChI=1S/C20H18FN3O5S/c1-9-16-18(22-7-23-19(16)30-17(9)20(25)26)24-12-3-2-10(21)4-13(12)29-11-5-14-15(6-11)28-8-27-14/h2-4,7,11,14-15H,5-6,8H2,1H3,(H,25,26)(H,22,23,24)/t11?,14-,15+. The topological polar surface area (TPSA) is 103 Å². The minimum atomic E-state index is -1.01. The van der Waals surface area contributed by atoms with Crippen LogP contribution in [0.3, 0.4) is 0 Å². The summed E-state index contributed by atoms with van der Waals surface area (Å²) in [6, 6.07) is 4.22. The molecule has 3 atom stereocenters. The molecule has 1 aliphatic carbocycles. The number of carboxylic acids is 1. The number of fused-ring (bicyclic) bond motifs is 2. The zero-order valence-electron chi connectivity index (χ0n) is 15.9. The minimum absolute atomic E-state index is 0.00403. The van der Waals surface area contributed by atoms with E-state index in [0.29, 0.717) is 52.7 Å². The molecule has 156 valence electrons. The molecule has 1 saturated carbocycles. The quantitative estimate of drug-likeness (QED) is 0.628. The monoisotopic (exact) mass is 431 g/mol. The van der Waals surface area contributed by atoms with Gasteiger partial charge in [0.2, 0.25) is 0 Å². The molecule has 2 N–H and O–H groups in total. The van der Waals surface area contributed by atoms with Crippen molar-refractivity contribution in [2.45, 2.75) is 38.1 Å². The third-order valence-corrected chi connectivity index (χ3v) is 6.57. The van der Waals surface area contributed by atoms with Gasteiger partial charge in [-0.25, -0.2) is 19.2 Å². The Morgan fingerprint density at radius 1 is 1.30 bits per heavy atom. The highest BCUT2D eigenvalue weighted by Gasteiger charge is 2.41. The van der Waals surface area contributed by atoms with Crippen LogP contribution in [0.5, 0.6) is 5.75 Å². The van der Waals surface area contributed by atoms with Gasteiger partial charge in [0.25, 0.3) is 0 Å². The summed E-state index contributed by atoms with van der Waals surface area (Å²) in [7, 11) is 0. The van der Waals surface area contributed by atoms with Crippen LogP contribution in [0.4, 0.5) is 15.9 Å². The number of aryl methyl sites for hydroxylation is 1. The molecule has 1 unspecified atom stereocenters. The van der Waals surface area contributed by atoms with Crippen LogP contribution in [0, 0.1) is 12.7 Å². The Labute approximate surface area is 174 Å². The lowest BCUT2D eigenvalue weighted by Gasteiger charge is -2.18. The van der Waals surface area contributed by atoms with E-state index in [1.54, 1.807) is 13.0 Å². The number of hydrogen-bond acceptors (Lipinski definition) is 8. The lowest BCUT2D eigenvalue weighted by atomic mass is 10.2. The predicted molar refractivity (Wildman–Crippen MR) is 107 cm³/mol. The third kappa shape index (κ3) is 3.36. The van der Waals surface area contributed by atoms with Crippen LogP contribution < -0.4 is 10.1 Å². The number of benzene rings is 1. The molecule has 30 heavy (non-hydrogen) atoms. The molecule has 3 heterocycles. The van der Waals surface area contributed by atoms with Crippen molar-refractivity contribution in [3.63, 3.8) is 0 Å². The molecule has 2 fully saturated rings. The van der Waals surface area contributed by atoms with Gasteiger partial charge in [0.1, 0.15) is 46.3 Å². The maximum atomic E-state index is 14.0. The third-order valence-electron chi connectivity index (χ3n) is 5.38. The largest absolute Gasteiger partial charge is 0.488 e. The lowest BCUT2D eigenvalue weighted by molar-refractivity contribution is 0.0123. The average Bonchev–Trinajstić information content (AvgIpc) is 3.38. The second kappa shape index (κ2) is 7.46. The van der Waals surface area contributed by atoms with Crippen LogP contribution in [-0.4, -0.2) is 46.1 Å². The van der Waals surface area contributed by atoms with Crippen molar-refractivity contribution < 1.29 is 28.5 Å². The first-order chi connectivity index (χ1) is 14.5. The second-order valence-corrected chi connectivity index (χ2v) is 8.27. The van der Waals surface area contributed by atoms with E-state index in [9.17, 15) is 14.3 Å². The van der Waals surface area contributed by atoms with Crippen LogP contribution in [-0.2, 0) is 9.47 Å². The molecule has 2 aromatic heterocycles. The summed E-state index contributed by atoms with van der Waals surface area (Å²) in [5.41, 5.74) is 1.10. The number of ether oxygens (including phenoxy) is 3. The smallest absolute Gasteiger partial charge is 0.346 e. The number of anilines is 2. The van der Waals surface area contributed by atoms with E-state index in [2.05, 4.69) is 15.3 Å². The number of halogens is 1. The molecule has 10 heteroatoms. The fourth-order valence-electron chi connectivity index (χ4n) is 3.95. The fraction of sp³-hybridized carbons (Fsp3) is 0.350. The Bertz CT molecular complexity index is 1130. The molecule has 2 aliphatic rings. The number of carboxylic acid groups (broad SMARTS) is 1. The van der Waals surface area contributed by atoms with Crippen LogP contribution in [0.25, 0.3) is 10.2 Å². The first-order valence-electron chi connectivity index (χ1n) is 9.43. The fourth-order valence-corrected chi connectivity index (χ4v) is 4.94. The predicted octanol–water partition coefficient (Wildman–Crippen LogP) is 3.86. The lowest BCUT2D eigenvalue weighted by Crippen LogP contribution is -2.16. The molecule has 5 rings (SSSR count). The number of nitrogens with one attached hydrogen (secondary N) is 1. The van der Waals surface area contributed by atoms with Crippen molar-refractivity contribution in [3.8, 4) is 5.75 Å². The van der Waals surface area contributed by atoms with Gasteiger partial charge in [0.05, 0.1) is 23.3 Å². The Morgan fingerprint density at radius 3 is 2.80 bits per heavy atom. The first-order valence-corrected chi connectivity index (χ1v) is 10.2. The highest BCUT2D eigenvalue weighted by molar-refractivity contribution is 7.20. The molecule has 3 aromatic rings. The van der Waals surface area contributed by atoms with Gasteiger partial charge in [0, 0.05) is 18.9 Å². The van der Waals surface area contributed by atoms with Crippen molar-refractivity contribution >= 4 is 39.0 Å². The van der Waals surface area contributed by atoms with Crippen molar-refractivity contribution in [1.29, 1.82) is 0 Å². The van der Waals surface area contributed by atoms with Crippen LogP contribution >= 0.6 is 11.3 Å². The summed E-state index contributed by atoms with van der Waals surface area (Å²) in [5.74, 6) is -0.650. The number of nitrogens with zero attached hydrogens (tertiary/aromatic N) is 2. The molecule has 1 aliphatic heterocycles. The number of rotatable bonds is 5. The van der Waals surface area contributed by atoms with Gasteiger partial charge in [-0.2, -0.15) is 0 Å². The molecule has 8 nitrogen and oxygen atoms in total. The Morgan fingerprint density at radius 2 is 2.07 bits per heavy atom. The van der Waals surface area contributed by atoms with Crippen molar-refractivity contribution in [2.75, 3.05) is 12.1 Å². The minimum Gasteiger partial charge on any atom is -0.488 e. The van der Waals surface area contributed by atoms with Gasteiger partial charge >= 0.3 is 5.97 Å². The van der Waals surface area contributed by atoms with Crippen molar-refractivity contribution in [1.82, 2.24) is 9.97 Å². The highest BCUT2D eigenvalue weighted by Crippen LogP contribution is 2.38. The van der Waals surface area contributed by atoms with Crippen molar-refractivity contribution in [2.24, 2.45) is 0 Å². The highest BCUT2D eigenvalue weighted by atomic mass is 32.1. The summed E-state index contributed by atoms with van der Waals surface area (Å²) in [4.78, 5) is 20.7. The number of hydrogen-bond donors (Lipinski definition) is 2. The van der Waals surface area contributed by atoms with E-state index in [0.717, 1.165) is 11.3 Å². The van der Waals surface area contributed by atoms with E-state index in [1.807, 2.05) is 0 Å². The van der Waals surface area contributed by atoms with E-state index < -0.39 is 11.8 Å². The van der Waals surface area contributed by atoms with Crippen LogP contribution in [0.1, 0.15) is 28.1 Å². The second-order valence-electron chi connectivity index (χ2n) is 7.27. The maximum Gasteiger partial charge on any atom is 0.346 e. The molecule has 0 bridgehead atoms. The summed E-state index contributed by atoms with van der Waals surface area (Å²) in [5, 5.41) is 13.2. The van der Waals surface area contributed by atoms with Crippen LogP contribution in [0.2, 0.25) is 0 Å². The van der Waals surface area contributed by atoms with Gasteiger partial charge in [-0.15, -0.1) is 11.3 Å². The summed E-state index contributed by atoms with van der Waals surface area (Å²) < 4.78 is 31.1. The SMILES string of the molecule is Cc1c(C(=O)O)sc2ncnc(Nc3ccc(F)cc3OC3C[C@@H]4OCO[C@@H]4C3)c12. The van der Waals surface area contributed by atoms with Gasteiger partial charge in [-0.3, -0.25) is 0 Å². The molecular weight excluding hydrogens is 413 g/mol. The molecule has 0 amide bonds. The Hall–Kier alpha value is -2.82. The van der Waals surface area contributed by atoms with Gasteiger partial charge in [-0.05, 0) is 24.6 Å². The zero-order chi connectivity index (χ0) is 20.8. The van der Waals surface area contributed by atoms with Gasteiger partial charge in [-0.1, -0.05) is 0 Å². The van der Waals surface area contributed by atoms with Crippen molar-refractivity contribution in [3.05, 3.63) is 40.8 Å². The number of carbonyl (C=O) groups is 1. The number of thiophene rings is 1. The number of aromatic nitrogens is 2. The van der Waals surface area contributed by atoms with Gasteiger partial charge in [0.15, 0.2) is 0 Å². The maximum absolute atomic E-state index is 14.0. The number of aromatic carboxylic acids is 1. The molecular formula is C20H18FN3O5S. The van der Waals surface area contributed by atoms with E-state index in [1.165, 1.54) is 18.5 Å². The van der Waals surface area contributed by atoms with Gasteiger partial charge < -0.3 is 24.6 Å². The van der Waals surface area contributed by atoms with E-state index in [4.69, 9.17) is 14.2 Å². The zero-order valence-corrected chi connectivity index (χ0v) is 16.7. The van der Waals surface area contributed by atoms with Crippen LogP contribution in [0.15, 0.2) is 24.5 Å². The molecule has 1 saturated heterocycles. The van der Waals surface area contributed by atoms with E-state index in [-0.39, 0.29) is 23.2 Å². The Balaban J connectivity index is 1.46. The average molecular weight is 431 g/mol. The van der Waals surface area contributed by atoms with E-state index >= 15 is 0 Å². The molecule has 1 aromatic carbocycles. The summed E-state index contributed by atoms with van der Waals surface area (Å²) in [6.07, 6.45) is 2.56. The normalized spacial score (nSPS) is 22.9. The molecule has 0 radical (unpaired) electrons. The first kappa shape index (κ1) is 19.2. The Kier molecular flexibility index (Phi) is 4.76. The summed E-state index contributed by atoms with van der Waals surface area (Å²) in [6.45, 7) is 2.02. The summed E-state index contributed by atoms with van der Waals surface area (Å²) >= 11 is 1.09. The molecule has 0 spiro atoms.